The normalized spacial score (nSPS) is 16.0. The van der Waals surface area contributed by atoms with Crippen LogP contribution in [-0.2, 0) is 11.8 Å². The molecule has 0 radical (unpaired) electrons. The summed E-state index contributed by atoms with van der Waals surface area (Å²) in [7, 11) is 1.74. The summed E-state index contributed by atoms with van der Waals surface area (Å²) in [6, 6.07) is 7.82. The molecular weight excluding hydrogens is 322 g/mol. The zero-order valence-corrected chi connectivity index (χ0v) is 14.8. The average molecular weight is 345 g/mol. The summed E-state index contributed by atoms with van der Waals surface area (Å²) in [6.45, 7) is 0. The number of nitrogens with one attached hydrogen (secondary N) is 1. The summed E-state index contributed by atoms with van der Waals surface area (Å²) in [5, 5.41) is 3.49. The summed E-state index contributed by atoms with van der Waals surface area (Å²) in [5.41, 5.74) is 1.42. The lowest BCUT2D eigenvalue weighted by molar-refractivity contribution is -0.119. The van der Waals surface area contributed by atoms with E-state index in [0.29, 0.717) is 5.03 Å². The van der Waals surface area contributed by atoms with Crippen LogP contribution >= 0.6 is 11.8 Å². The van der Waals surface area contributed by atoms with Gasteiger partial charge in [0, 0.05) is 13.1 Å². The second-order valence-electron chi connectivity index (χ2n) is 6.31. The maximum absolute atomic E-state index is 12.4. The Kier molecular flexibility index (Phi) is 5.56. The van der Waals surface area contributed by atoms with E-state index < -0.39 is 0 Å². The number of hydrogen-bond acceptors (Lipinski definition) is 4. The van der Waals surface area contributed by atoms with Crippen LogP contribution in [0.5, 0.6) is 0 Å². The lowest BCUT2D eigenvalue weighted by atomic mass is 10.1. The van der Waals surface area contributed by atoms with Crippen LogP contribution in [0.25, 0.3) is 11.0 Å². The highest BCUT2D eigenvalue weighted by Crippen LogP contribution is 2.18. The minimum Gasteiger partial charge on any atom is -0.353 e. The first kappa shape index (κ1) is 17.0. The molecule has 5 nitrogen and oxygen atoms in total. The number of rotatable bonds is 4. The molecule has 1 aliphatic rings. The summed E-state index contributed by atoms with van der Waals surface area (Å²) in [5.74, 6) is 0.223. The summed E-state index contributed by atoms with van der Waals surface area (Å²) < 4.78 is 1.59. The Hall–Kier alpha value is -1.82. The molecule has 1 N–H and O–H groups in total. The van der Waals surface area contributed by atoms with Crippen LogP contribution in [0.15, 0.2) is 34.1 Å². The van der Waals surface area contributed by atoms with E-state index in [1.165, 1.54) is 37.4 Å². The number of fused-ring (bicyclic) bond motifs is 1. The highest BCUT2D eigenvalue weighted by molar-refractivity contribution is 7.99. The number of para-hydroxylation sites is 2. The lowest BCUT2D eigenvalue weighted by Crippen LogP contribution is -2.35. The SMILES string of the molecule is Cn1c(=O)c(SCC(=O)NC2CCCCCC2)nc2ccccc21. The number of aromatic nitrogens is 2. The molecule has 128 valence electrons. The van der Waals surface area contributed by atoms with Crippen LogP contribution in [-0.4, -0.2) is 27.3 Å². The van der Waals surface area contributed by atoms with Gasteiger partial charge < -0.3 is 9.88 Å². The largest absolute Gasteiger partial charge is 0.353 e. The van der Waals surface area contributed by atoms with Gasteiger partial charge >= 0.3 is 0 Å². The second kappa shape index (κ2) is 7.83. The van der Waals surface area contributed by atoms with Gasteiger partial charge in [-0.3, -0.25) is 9.59 Å². The Bertz CT molecular complexity index is 779. The number of nitrogens with zero attached hydrogens (tertiary/aromatic N) is 2. The third-order valence-electron chi connectivity index (χ3n) is 4.51. The molecule has 0 atom stereocenters. The monoisotopic (exact) mass is 345 g/mol. The van der Waals surface area contributed by atoms with Crippen LogP contribution in [0, 0.1) is 0 Å². The van der Waals surface area contributed by atoms with Gasteiger partial charge in [0.15, 0.2) is 5.03 Å². The molecule has 0 unspecified atom stereocenters. The predicted molar refractivity (Wildman–Crippen MR) is 97.3 cm³/mol. The molecule has 6 heteroatoms. The van der Waals surface area contributed by atoms with Crippen LogP contribution in [0.4, 0.5) is 0 Å². The Labute approximate surface area is 145 Å². The highest BCUT2D eigenvalue weighted by Gasteiger charge is 2.16. The molecule has 1 amide bonds. The quantitative estimate of drug-likeness (QED) is 0.684. The fraction of sp³-hybridized carbons (Fsp3) is 0.500. The van der Waals surface area contributed by atoms with Gasteiger partial charge in [0.25, 0.3) is 5.56 Å². The van der Waals surface area contributed by atoms with Gasteiger partial charge in [0.2, 0.25) is 5.91 Å². The van der Waals surface area contributed by atoms with Crippen LogP contribution in [0.1, 0.15) is 38.5 Å². The van der Waals surface area contributed by atoms with E-state index in [9.17, 15) is 9.59 Å². The average Bonchev–Trinajstić information content (AvgIpc) is 2.85. The lowest BCUT2D eigenvalue weighted by Gasteiger charge is -2.16. The van der Waals surface area contributed by atoms with Gasteiger partial charge in [-0.25, -0.2) is 4.98 Å². The number of hydrogen-bond donors (Lipinski definition) is 1. The first-order chi connectivity index (χ1) is 11.6. The number of amides is 1. The molecule has 0 aliphatic heterocycles. The molecule has 1 saturated carbocycles. The zero-order valence-electron chi connectivity index (χ0n) is 14.0. The van der Waals surface area contributed by atoms with Gasteiger partial charge in [-0.05, 0) is 25.0 Å². The van der Waals surface area contributed by atoms with E-state index in [-0.39, 0.29) is 23.3 Å². The van der Waals surface area contributed by atoms with E-state index in [0.717, 1.165) is 23.9 Å². The van der Waals surface area contributed by atoms with Crippen LogP contribution in [0.3, 0.4) is 0 Å². The molecular formula is C18H23N3O2S. The van der Waals surface area contributed by atoms with Crippen molar-refractivity contribution in [2.24, 2.45) is 7.05 Å². The molecule has 0 bridgehead atoms. The second-order valence-corrected chi connectivity index (χ2v) is 7.28. The summed E-state index contributed by atoms with van der Waals surface area (Å²) in [6.07, 6.45) is 7.02. The number of benzene rings is 1. The molecule has 1 aromatic carbocycles. The van der Waals surface area contributed by atoms with Crippen molar-refractivity contribution in [1.29, 1.82) is 0 Å². The maximum Gasteiger partial charge on any atom is 0.283 e. The number of aryl methyl sites for hydroxylation is 1. The number of thioether (sulfide) groups is 1. The van der Waals surface area contributed by atoms with Crippen molar-refractivity contribution in [1.82, 2.24) is 14.9 Å². The molecule has 0 spiro atoms. The third-order valence-corrected chi connectivity index (χ3v) is 5.46. The van der Waals surface area contributed by atoms with E-state index in [2.05, 4.69) is 10.3 Å². The van der Waals surface area contributed by atoms with Crippen molar-refractivity contribution >= 4 is 28.7 Å². The molecule has 3 rings (SSSR count). The van der Waals surface area contributed by atoms with Gasteiger partial charge in [-0.15, -0.1) is 0 Å². The Balaban J connectivity index is 1.65. The fourth-order valence-electron chi connectivity index (χ4n) is 3.17. The van der Waals surface area contributed by atoms with Crippen LogP contribution < -0.4 is 10.9 Å². The summed E-state index contributed by atoms with van der Waals surface area (Å²) >= 11 is 1.22. The molecule has 1 heterocycles. The van der Waals surface area contributed by atoms with E-state index in [1.54, 1.807) is 11.6 Å². The predicted octanol–water partition coefficient (Wildman–Crippen LogP) is 2.86. The van der Waals surface area contributed by atoms with Gasteiger partial charge in [0.1, 0.15) is 0 Å². The Morgan fingerprint density at radius 1 is 1.25 bits per heavy atom. The minimum atomic E-state index is -0.152. The van der Waals surface area contributed by atoms with E-state index >= 15 is 0 Å². The molecule has 1 fully saturated rings. The van der Waals surface area contributed by atoms with Gasteiger partial charge in [-0.1, -0.05) is 49.6 Å². The van der Waals surface area contributed by atoms with E-state index in [1.807, 2.05) is 24.3 Å². The van der Waals surface area contributed by atoms with Crippen molar-refractivity contribution in [3.05, 3.63) is 34.6 Å². The zero-order chi connectivity index (χ0) is 16.9. The van der Waals surface area contributed by atoms with Gasteiger partial charge in [0.05, 0.1) is 16.8 Å². The molecule has 24 heavy (non-hydrogen) atoms. The maximum atomic E-state index is 12.4. The molecule has 1 aliphatic carbocycles. The molecule has 1 aromatic heterocycles. The molecule has 2 aromatic rings. The highest BCUT2D eigenvalue weighted by atomic mass is 32.2. The van der Waals surface area contributed by atoms with Crippen molar-refractivity contribution in [3.8, 4) is 0 Å². The fourth-order valence-corrected chi connectivity index (χ4v) is 3.95. The molecule has 0 saturated heterocycles. The van der Waals surface area contributed by atoms with E-state index in [4.69, 9.17) is 0 Å². The standard InChI is InChI=1S/C18H23N3O2S/c1-21-15-11-7-6-10-14(15)20-17(18(21)23)24-12-16(22)19-13-8-4-2-3-5-9-13/h6-7,10-11,13H,2-5,8-9,12H2,1H3,(H,19,22). The first-order valence-electron chi connectivity index (χ1n) is 8.53. The van der Waals surface area contributed by atoms with Crippen molar-refractivity contribution in [2.45, 2.75) is 49.6 Å². The van der Waals surface area contributed by atoms with Gasteiger partial charge in [-0.2, -0.15) is 0 Å². The van der Waals surface area contributed by atoms with Crippen LogP contribution in [0.2, 0.25) is 0 Å². The third kappa shape index (κ3) is 3.98. The Morgan fingerprint density at radius 2 is 1.96 bits per heavy atom. The van der Waals surface area contributed by atoms with Crippen molar-refractivity contribution < 1.29 is 4.79 Å². The number of carbonyl (C=O) groups excluding carboxylic acids is 1. The Morgan fingerprint density at radius 3 is 2.71 bits per heavy atom. The topological polar surface area (TPSA) is 64.0 Å². The first-order valence-corrected chi connectivity index (χ1v) is 9.51. The summed E-state index contributed by atoms with van der Waals surface area (Å²) in [4.78, 5) is 29.0. The van der Waals surface area contributed by atoms with Crippen molar-refractivity contribution in [3.63, 3.8) is 0 Å². The smallest absolute Gasteiger partial charge is 0.283 e. The van der Waals surface area contributed by atoms with Crippen molar-refractivity contribution in [2.75, 3.05) is 5.75 Å². The minimum absolute atomic E-state index is 0.0103. The number of carbonyl (C=O) groups is 1.